The third-order valence-corrected chi connectivity index (χ3v) is 6.15. The van der Waals surface area contributed by atoms with Gasteiger partial charge in [0.25, 0.3) is 0 Å². The van der Waals surface area contributed by atoms with Crippen LogP contribution in [0, 0.1) is 0 Å². The van der Waals surface area contributed by atoms with Crippen molar-refractivity contribution in [2.24, 2.45) is 0 Å². The summed E-state index contributed by atoms with van der Waals surface area (Å²) >= 11 is 7.10. The summed E-state index contributed by atoms with van der Waals surface area (Å²) in [5.41, 5.74) is 9.26. The first-order valence-electron chi connectivity index (χ1n) is 8.04. The lowest BCUT2D eigenvalue weighted by molar-refractivity contribution is 0.0703. The summed E-state index contributed by atoms with van der Waals surface area (Å²) < 4.78 is 5.68. The Morgan fingerprint density at radius 1 is 1.44 bits per heavy atom. The number of fused-ring (bicyclic) bond motifs is 2. The molecule has 7 heteroatoms. The highest BCUT2D eigenvalue weighted by Gasteiger charge is 2.34. The lowest BCUT2D eigenvalue weighted by atomic mass is 9.74. The molecule has 0 fully saturated rings. The predicted molar refractivity (Wildman–Crippen MR) is 99.7 cm³/mol. The van der Waals surface area contributed by atoms with Crippen LogP contribution in [0.1, 0.15) is 47.6 Å². The maximum Gasteiger partial charge on any atom is 0.348 e. The lowest BCUT2D eigenvalue weighted by Gasteiger charge is -2.32. The summed E-state index contributed by atoms with van der Waals surface area (Å²) in [6, 6.07) is 3.49. The van der Waals surface area contributed by atoms with Crippen LogP contribution in [0.2, 0.25) is 5.22 Å². The fourth-order valence-electron chi connectivity index (χ4n) is 3.70. The van der Waals surface area contributed by atoms with Gasteiger partial charge in [-0.25, -0.2) is 9.78 Å². The Kier molecular flexibility index (Phi) is 3.60. The largest absolute Gasteiger partial charge is 0.477 e. The smallest absolute Gasteiger partial charge is 0.348 e. The molecule has 0 aromatic carbocycles. The average Bonchev–Trinajstić information content (AvgIpc) is 3.10. The normalized spacial score (nSPS) is 16.1. The van der Waals surface area contributed by atoms with Gasteiger partial charge in [-0.2, -0.15) is 0 Å². The second-order valence-corrected chi connectivity index (χ2v) is 8.36. The van der Waals surface area contributed by atoms with E-state index >= 15 is 0 Å². The number of hydrogen-bond donors (Lipinski definition) is 2. The second-order valence-electron chi connectivity index (χ2n) is 6.99. The van der Waals surface area contributed by atoms with Crippen molar-refractivity contribution in [1.82, 2.24) is 4.98 Å². The van der Waals surface area contributed by atoms with Crippen LogP contribution in [-0.2, 0) is 11.8 Å². The molecule has 3 heterocycles. The van der Waals surface area contributed by atoms with Gasteiger partial charge in [-0.3, -0.25) is 0 Å². The molecule has 4 rings (SSSR count). The number of thiophene rings is 1. The molecule has 0 unspecified atom stereocenters. The van der Waals surface area contributed by atoms with Gasteiger partial charge in [-0.1, -0.05) is 13.8 Å². The van der Waals surface area contributed by atoms with Crippen molar-refractivity contribution in [3.8, 4) is 11.3 Å². The summed E-state index contributed by atoms with van der Waals surface area (Å²) in [5, 5.41) is 10.4. The number of anilines is 1. The molecule has 0 radical (unpaired) electrons. The van der Waals surface area contributed by atoms with Gasteiger partial charge in [0.1, 0.15) is 15.5 Å². The van der Waals surface area contributed by atoms with Crippen LogP contribution in [0.25, 0.3) is 21.5 Å². The highest BCUT2D eigenvalue weighted by molar-refractivity contribution is 7.21. The van der Waals surface area contributed by atoms with Crippen molar-refractivity contribution in [2.75, 3.05) is 5.73 Å². The van der Waals surface area contributed by atoms with Gasteiger partial charge in [-0.05, 0) is 48.6 Å². The number of carboxylic acid groups (broad SMARTS) is 1. The molecule has 3 aromatic rings. The van der Waals surface area contributed by atoms with Crippen LogP contribution in [0.4, 0.5) is 5.69 Å². The monoisotopic (exact) mass is 376 g/mol. The zero-order chi connectivity index (χ0) is 17.9. The first-order valence-corrected chi connectivity index (χ1v) is 9.23. The van der Waals surface area contributed by atoms with Crippen molar-refractivity contribution in [3.05, 3.63) is 33.5 Å². The van der Waals surface area contributed by atoms with Gasteiger partial charge in [0.05, 0.1) is 11.4 Å². The Hall–Kier alpha value is -2.05. The predicted octanol–water partition coefficient (Wildman–Crippen LogP) is 5.10. The lowest BCUT2D eigenvalue weighted by Crippen LogP contribution is -2.26. The van der Waals surface area contributed by atoms with Crippen molar-refractivity contribution in [3.63, 3.8) is 0 Å². The maximum absolute atomic E-state index is 11.6. The van der Waals surface area contributed by atoms with E-state index in [1.807, 2.05) is 0 Å². The van der Waals surface area contributed by atoms with Crippen LogP contribution in [0.3, 0.4) is 0 Å². The maximum atomic E-state index is 11.6. The first-order chi connectivity index (χ1) is 11.8. The Morgan fingerprint density at radius 3 is 2.84 bits per heavy atom. The van der Waals surface area contributed by atoms with E-state index < -0.39 is 5.97 Å². The number of pyridine rings is 1. The fourth-order valence-corrected chi connectivity index (χ4v) is 4.79. The van der Waals surface area contributed by atoms with E-state index in [9.17, 15) is 9.90 Å². The first kappa shape index (κ1) is 16.4. The molecule has 0 spiro atoms. The number of halogens is 1. The number of aromatic nitrogens is 1. The minimum Gasteiger partial charge on any atom is -0.477 e. The fraction of sp³-hybridized carbons (Fsp3) is 0.333. The highest BCUT2D eigenvalue weighted by atomic mass is 35.5. The summed E-state index contributed by atoms with van der Waals surface area (Å²) in [6.45, 7) is 4.33. The number of nitrogens with zero attached hydrogens (tertiary/aromatic N) is 1. The quantitative estimate of drug-likeness (QED) is 0.649. The Bertz CT molecular complexity index is 1020. The second kappa shape index (κ2) is 5.47. The number of carbonyl (C=O) groups is 1. The standard InChI is InChI=1S/C18H17ClN2O3S/c1-18(2)7-3-4-8-11(9-5-6-10(19)24-9)12-13(20)14(17(22)23)25-16(12)21-15(8)18/h5-6H,3-4,7,20H2,1-2H3,(H,22,23). The molecule has 1 aliphatic rings. The van der Waals surface area contributed by atoms with Gasteiger partial charge < -0.3 is 15.3 Å². The number of furan rings is 1. The van der Waals surface area contributed by atoms with E-state index in [0.717, 1.165) is 47.4 Å². The van der Waals surface area contributed by atoms with Gasteiger partial charge in [-0.15, -0.1) is 11.3 Å². The van der Waals surface area contributed by atoms with E-state index in [2.05, 4.69) is 13.8 Å². The molecule has 25 heavy (non-hydrogen) atoms. The van der Waals surface area contributed by atoms with E-state index in [0.29, 0.717) is 16.0 Å². The molecule has 0 saturated heterocycles. The number of carboxylic acids is 1. The zero-order valence-electron chi connectivity index (χ0n) is 13.9. The molecular weight excluding hydrogens is 360 g/mol. The van der Waals surface area contributed by atoms with E-state index in [1.54, 1.807) is 12.1 Å². The zero-order valence-corrected chi connectivity index (χ0v) is 15.4. The highest BCUT2D eigenvalue weighted by Crippen LogP contribution is 2.47. The third kappa shape index (κ3) is 2.43. The summed E-state index contributed by atoms with van der Waals surface area (Å²) in [7, 11) is 0. The van der Waals surface area contributed by atoms with E-state index in [1.165, 1.54) is 0 Å². The molecule has 0 bridgehead atoms. The molecule has 130 valence electrons. The van der Waals surface area contributed by atoms with Crippen molar-refractivity contribution < 1.29 is 14.3 Å². The summed E-state index contributed by atoms with van der Waals surface area (Å²) in [4.78, 5) is 17.1. The topological polar surface area (TPSA) is 89.3 Å². The molecular formula is C18H17ClN2O3S. The van der Waals surface area contributed by atoms with Crippen molar-refractivity contribution in [1.29, 1.82) is 0 Å². The van der Waals surface area contributed by atoms with Gasteiger partial charge in [0.15, 0.2) is 5.22 Å². The number of hydrogen-bond acceptors (Lipinski definition) is 5. The average molecular weight is 377 g/mol. The summed E-state index contributed by atoms with van der Waals surface area (Å²) in [6.07, 6.45) is 2.92. The van der Waals surface area contributed by atoms with E-state index in [4.69, 9.17) is 26.7 Å². The Labute approximate surface area is 153 Å². The van der Waals surface area contributed by atoms with Crippen LogP contribution in [0.5, 0.6) is 0 Å². The van der Waals surface area contributed by atoms with Gasteiger partial charge in [0.2, 0.25) is 0 Å². The Morgan fingerprint density at radius 2 is 2.20 bits per heavy atom. The van der Waals surface area contributed by atoms with Gasteiger partial charge >= 0.3 is 5.97 Å². The van der Waals surface area contributed by atoms with E-state index in [-0.39, 0.29) is 21.2 Å². The van der Waals surface area contributed by atoms with Crippen LogP contribution in [-0.4, -0.2) is 16.1 Å². The molecule has 0 aliphatic heterocycles. The number of aromatic carboxylic acids is 1. The number of nitrogens with two attached hydrogens (primary N) is 1. The summed E-state index contributed by atoms with van der Waals surface area (Å²) in [5.74, 6) is -0.436. The molecule has 3 N–H and O–H groups in total. The Balaban J connectivity index is 2.16. The molecule has 0 amide bonds. The SMILES string of the molecule is CC1(C)CCCc2c1nc1sc(C(=O)O)c(N)c1c2-c1ccc(Cl)o1. The minimum atomic E-state index is -1.04. The molecule has 0 atom stereocenters. The van der Waals surface area contributed by atoms with Crippen LogP contribution >= 0.6 is 22.9 Å². The van der Waals surface area contributed by atoms with Crippen LogP contribution in [0.15, 0.2) is 16.5 Å². The number of nitrogen functional groups attached to an aromatic ring is 1. The molecule has 5 nitrogen and oxygen atoms in total. The van der Waals surface area contributed by atoms with Crippen LogP contribution < -0.4 is 5.73 Å². The van der Waals surface area contributed by atoms with Crippen molar-refractivity contribution in [2.45, 2.75) is 38.5 Å². The molecule has 3 aromatic heterocycles. The minimum absolute atomic E-state index is 0.0882. The molecule has 0 saturated carbocycles. The third-order valence-electron chi connectivity index (χ3n) is 4.86. The van der Waals surface area contributed by atoms with Crippen molar-refractivity contribution >= 4 is 44.8 Å². The number of rotatable bonds is 2. The molecule has 1 aliphatic carbocycles. The van der Waals surface area contributed by atoms with Gasteiger partial charge in [0, 0.05) is 16.4 Å².